The topological polar surface area (TPSA) is 0 Å². The second kappa shape index (κ2) is 7.17. The van der Waals surface area contributed by atoms with Crippen LogP contribution in [0.5, 0.6) is 0 Å². The molecule has 1 aromatic carbocycles. The predicted octanol–water partition coefficient (Wildman–Crippen LogP) is 4.12. The monoisotopic (exact) mass is 265 g/mol. The molecular weight excluding hydrogens is 244 g/mol. The Morgan fingerprint density at radius 1 is 1.18 bits per heavy atom. The van der Waals surface area contributed by atoms with Gasteiger partial charge in [-0.05, 0) is 30.5 Å². The fraction of sp³-hybridized carbons (Fsp3) is 0.533. The van der Waals surface area contributed by atoms with Gasteiger partial charge in [-0.1, -0.05) is 43.7 Å². The molecule has 92 valence electrons. The number of unbranched alkanes of at least 4 members (excludes halogenated alkanes) is 2. The van der Waals surface area contributed by atoms with E-state index in [9.17, 15) is 0 Å². The minimum atomic E-state index is 1.24. The summed E-state index contributed by atoms with van der Waals surface area (Å²) < 4.78 is 1.52. The summed E-state index contributed by atoms with van der Waals surface area (Å²) in [5, 5.41) is 0. The van der Waals surface area contributed by atoms with Gasteiger partial charge >= 0.3 is 0 Å². The quantitative estimate of drug-likeness (QED) is 0.438. The molecule has 0 saturated carbocycles. The molecule has 0 fully saturated rings. The van der Waals surface area contributed by atoms with Crippen molar-refractivity contribution in [2.45, 2.75) is 39.0 Å². The van der Waals surface area contributed by atoms with Gasteiger partial charge in [0.2, 0.25) is 0 Å². The van der Waals surface area contributed by atoms with Crippen molar-refractivity contribution < 1.29 is 0 Å². The van der Waals surface area contributed by atoms with Crippen LogP contribution in [0, 0.1) is 0 Å². The highest BCUT2D eigenvalue weighted by Crippen LogP contribution is 2.18. The first-order valence-corrected chi connectivity index (χ1v) is 8.59. The van der Waals surface area contributed by atoms with Crippen molar-refractivity contribution in [1.82, 2.24) is 0 Å². The zero-order valence-corrected chi connectivity index (χ0v) is 12.2. The maximum atomic E-state index is 2.31. The lowest BCUT2D eigenvalue weighted by Crippen LogP contribution is -2.06. The maximum absolute atomic E-state index is 2.31. The molecule has 0 N–H and O–H groups in total. The normalized spacial score (nSPS) is 15.7. The van der Waals surface area contributed by atoms with E-state index in [1.165, 1.54) is 58.9 Å². The maximum Gasteiger partial charge on any atom is 0.265 e. The van der Waals surface area contributed by atoms with E-state index < -0.39 is 0 Å². The molecule has 1 aliphatic rings. The molecule has 0 radical (unpaired) electrons. The first-order valence-electron chi connectivity index (χ1n) is 6.62. The number of hydrogen-bond donors (Lipinski definition) is 0. The molecule has 2 heteroatoms. The van der Waals surface area contributed by atoms with Crippen LogP contribution < -0.4 is 0 Å². The van der Waals surface area contributed by atoms with Gasteiger partial charge in [0.1, 0.15) is 0 Å². The van der Waals surface area contributed by atoms with Gasteiger partial charge in [0.25, 0.3) is 4.20 Å². The summed E-state index contributed by atoms with van der Waals surface area (Å²) in [6, 6.07) is 9.24. The van der Waals surface area contributed by atoms with Crippen LogP contribution in [0.2, 0.25) is 0 Å². The van der Waals surface area contributed by atoms with Gasteiger partial charge in [-0.15, -0.1) is 0 Å². The van der Waals surface area contributed by atoms with Crippen molar-refractivity contribution in [2.75, 3.05) is 11.5 Å². The molecule has 1 heterocycles. The lowest BCUT2D eigenvalue weighted by Gasteiger charge is -2.04. The van der Waals surface area contributed by atoms with E-state index in [2.05, 4.69) is 31.2 Å². The van der Waals surface area contributed by atoms with Gasteiger partial charge in [0, 0.05) is 17.7 Å². The first-order chi connectivity index (χ1) is 8.40. The third-order valence-corrected chi connectivity index (χ3v) is 5.70. The van der Waals surface area contributed by atoms with Crippen LogP contribution in [-0.2, 0) is 17.8 Å². The number of thioether (sulfide) groups is 1. The summed E-state index contributed by atoms with van der Waals surface area (Å²) in [6.45, 7) is 2.26. The van der Waals surface area contributed by atoms with E-state index >= 15 is 0 Å². The summed E-state index contributed by atoms with van der Waals surface area (Å²) in [5.41, 5.74) is 2.92. The van der Waals surface area contributed by atoms with Crippen LogP contribution in [0.3, 0.4) is 0 Å². The fourth-order valence-corrected chi connectivity index (χ4v) is 4.55. The van der Waals surface area contributed by atoms with Gasteiger partial charge in [0.05, 0.1) is 0 Å². The molecule has 0 aromatic heterocycles. The fourth-order valence-electron chi connectivity index (χ4n) is 1.98. The molecule has 1 aliphatic heterocycles. The molecule has 17 heavy (non-hydrogen) atoms. The van der Waals surface area contributed by atoms with Gasteiger partial charge in [0.15, 0.2) is 17.1 Å². The van der Waals surface area contributed by atoms with E-state index in [-0.39, 0.29) is 0 Å². The van der Waals surface area contributed by atoms with Crippen LogP contribution in [0.1, 0.15) is 43.7 Å². The smallest absolute Gasteiger partial charge is 0.0654 e. The van der Waals surface area contributed by atoms with Crippen molar-refractivity contribution >= 4 is 27.3 Å². The van der Waals surface area contributed by atoms with Gasteiger partial charge in [-0.2, -0.15) is 0 Å². The third-order valence-electron chi connectivity index (χ3n) is 3.01. The summed E-state index contributed by atoms with van der Waals surface area (Å²) in [6.07, 6.45) is 6.59. The molecule has 0 aliphatic carbocycles. The van der Waals surface area contributed by atoms with Crippen molar-refractivity contribution in [3.8, 4) is 0 Å². The Morgan fingerprint density at radius 2 is 2.00 bits per heavy atom. The van der Waals surface area contributed by atoms with E-state index in [0.29, 0.717) is 0 Å². The van der Waals surface area contributed by atoms with E-state index in [4.69, 9.17) is 0 Å². The zero-order chi connectivity index (χ0) is 11.9. The Kier molecular flexibility index (Phi) is 5.53. The Bertz CT molecular complexity index is 365. The van der Waals surface area contributed by atoms with E-state index in [1.54, 1.807) is 0 Å². The largest absolute Gasteiger partial charge is 0.265 e. The molecule has 1 aromatic rings. The predicted molar refractivity (Wildman–Crippen MR) is 83.1 cm³/mol. The standard InChI is InChI=1S/C15H21S2/c1-2-3-4-6-13-7-9-14(10-8-13)15-16-11-5-12-17-15/h7-10H,2-6,11-12H2,1H3/q+1. The molecule has 0 unspecified atom stereocenters. The minimum absolute atomic E-state index is 1.24. The molecule has 0 amide bonds. The first kappa shape index (κ1) is 13.1. The molecule has 0 atom stereocenters. The number of hydrogen-bond acceptors (Lipinski definition) is 1. The van der Waals surface area contributed by atoms with E-state index in [0.717, 1.165) is 0 Å². The minimum Gasteiger partial charge on any atom is -0.0654 e. The number of aryl methyl sites for hydroxylation is 1. The van der Waals surface area contributed by atoms with Crippen molar-refractivity contribution in [1.29, 1.82) is 0 Å². The van der Waals surface area contributed by atoms with E-state index in [1.807, 2.05) is 23.1 Å². The molecule has 0 nitrogen and oxygen atoms in total. The van der Waals surface area contributed by atoms with Crippen LogP contribution >= 0.6 is 11.8 Å². The summed E-state index contributed by atoms with van der Waals surface area (Å²) in [7, 11) is 0. The van der Waals surface area contributed by atoms with Crippen LogP contribution in [0.25, 0.3) is 0 Å². The number of rotatable bonds is 5. The lowest BCUT2D eigenvalue weighted by atomic mass is 10.1. The summed E-state index contributed by atoms with van der Waals surface area (Å²) >= 11 is 4.05. The van der Waals surface area contributed by atoms with Crippen LogP contribution in [0.15, 0.2) is 24.3 Å². The lowest BCUT2D eigenvalue weighted by molar-refractivity contribution is 0.717. The second-order valence-corrected chi connectivity index (χ2v) is 6.96. The van der Waals surface area contributed by atoms with Gasteiger partial charge < -0.3 is 0 Å². The third kappa shape index (κ3) is 4.11. The van der Waals surface area contributed by atoms with Gasteiger partial charge in [-0.3, -0.25) is 0 Å². The van der Waals surface area contributed by atoms with Crippen molar-refractivity contribution in [2.24, 2.45) is 0 Å². The van der Waals surface area contributed by atoms with Crippen LogP contribution in [0.4, 0.5) is 0 Å². The molecular formula is C15H21S2+. The molecule has 2 rings (SSSR count). The highest BCUT2D eigenvalue weighted by atomic mass is 32.2. The molecule has 0 bridgehead atoms. The SMILES string of the molecule is CCCCCc1ccc(C2=[S+]CCCS2)cc1. The van der Waals surface area contributed by atoms with Crippen LogP contribution in [-0.4, -0.2) is 15.7 Å². The number of benzene rings is 1. The Labute approximate surface area is 113 Å². The summed E-state index contributed by atoms with van der Waals surface area (Å²) in [4.78, 5) is 0. The van der Waals surface area contributed by atoms with Gasteiger partial charge in [-0.25, -0.2) is 0 Å². The van der Waals surface area contributed by atoms with Crippen molar-refractivity contribution in [3.05, 3.63) is 35.4 Å². The summed E-state index contributed by atoms with van der Waals surface area (Å²) in [5.74, 6) is 2.58. The zero-order valence-electron chi connectivity index (χ0n) is 10.6. The Hall–Kier alpha value is -0.340. The second-order valence-electron chi connectivity index (χ2n) is 4.49. The molecule has 0 spiro atoms. The Balaban J connectivity index is 1.95. The highest BCUT2D eigenvalue weighted by Gasteiger charge is 2.18. The molecule has 0 saturated heterocycles. The highest BCUT2D eigenvalue weighted by molar-refractivity contribution is 8.23. The Morgan fingerprint density at radius 3 is 2.65 bits per heavy atom. The van der Waals surface area contributed by atoms with Crippen molar-refractivity contribution in [3.63, 3.8) is 0 Å². The average molecular weight is 265 g/mol. The average Bonchev–Trinajstić information content (AvgIpc) is 2.41.